The van der Waals surface area contributed by atoms with Crippen LogP contribution in [0.5, 0.6) is 0 Å². The quantitative estimate of drug-likeness (QED) is 0.346. The molecule has 0 aliphatic carbocycles. The lowest BCUT2D eigenvalue weighted by atomic mass is 9.84. The van der Waals surface area contributed by atoms with Crippen LogP contribution in [-0.2, 0) is 19.1 Å². The molecule has 38 heavy (non-hydrogen) atoms. The van der Waals surface area contributed by atoms with Crippen molar-refractivity contribution in [1.82, 2.24) is 15.1 Å². The minimum absolute atomic E-state index is 0.0368. The number of carbonyl (C=O) groups excluding carboxylic acids is 3. The Labute approximate surface area is 233 Å². The first-order chi connectivity index (χ1) is 17.5. The summed E-state index contributed by atoms with van der Waals surface area (Å²) in [6, 6.07) is 8.67. The number of esters is 1. The van der Waals surface area contributed by atoms with Crippen molar-refractivity contribution in [2.45, 2.75) is 90.6 Å². The molecule has 1 saturated heterocycles. The second-order valence-corrected chi connectivity index (χ2v) is 13.8. The lowest BCUT2D eigenvalue weighted by Crippen LogP contribution is -2.60. The van der Waals surface area contributed by atoms with Crippen molar-refractivity contribution in [2.75, 3.05) is 20.7 Å². The number of ether oxygens (including phenoxy) is 1. The van der Waals surface area contributed by atoms with Gasteiger partial charge in [-0.2, -0.15) is 0 Å². The molecule has 8 heteroatoms. The Morgan fingerprint density at radius 2 is 1.76 bits per heavy atom. The zero-order valence-corrected chi connectivity index (χ0v) is 25.8. The highest BCUT2D eigenvalue weighted by Gasteiger charge is 2.51. The number of likely N-dealkylation sites (N-methyl/N-ethyl adjacent to an activating group) is 2. The van der Waals surface area contributed by atoms with Gasteiger partial charge < -0.3 is 15.0 Å². The van der Waals surface area contributed by atoms with E-state index in [-0.39, 0.29) is 33.9 Å². The van der Waals surface area contributed by atoms with Crippen LogP contribution < -0.4 is 5.32 Å². The maximum absolute atomic E-state index is 13.9. The lowest BCUT2D eigenvalue weighted by Gasteiger charge is -2.39. The van der Waals surface area contributed by atoms with Gasteiger partial charge in [-0.05, 0) is 51.6 Å². The minimum Gasteiger partial charge on any atom is -0.463 e. The third-order valence-electron chi connectivity index (χ3n) is 7.08. The van der Waals surface area contributed by atoms with Gasteiger partial charge in [0.2, 0.25) is 11.8 Å². The molecule has 1 aliphatic heterocycles. The molecule has 0 spiro atoms. The zero-order chi connectivity index (χ0) is 29.0. The molecule has 4 unspecified atom stereocenters. The Morgan fingerprint density at radius 1 is 1.18 bits per heavy atom. The number of hydrogen-bond acceptors (Lipinski definition) is 6. The van der Waals surface area contributed by atoms with Gasteiger partial charge in [0.15, 0.2) is 0 Å². The summed E-state index contributed by atoms with van der Waals surface area (Å²) >= 11 is 1.76. The molecular weight excluding hydrogens is 498 g/mol. The van der Waals surface area contributed by atoms with E-state index in [1.54, 1.807) is 43.6 Å². The van der Waals surface area contributed by atoms with Gasteiger partial charge in [0, 0.05) is 17.4 Å². The largest absolute Gasteiger partial charge is 0.463 e. The molecule has 0 radical (unpaired) electrons. The molecule has 1 aromatic rings. The number of thioether (sulfide) groups is 1. The smallest absolute Gasteiger partial charge is 0.333 e. The average molecular weight is 546 g/mol. The molecular formula is C30H47N3O4S. The van der Waals surface area contributed by atoms with E-state index >= 15 is 0 Å². The van der Waals surface area contributed by atoms with Crippen LogP contribution in [0.3, 0.4) is 0 Å². The van der Waals surface area contributed by atoms with Gasteiger partial charge in [0.25, 0.3) is 0 Å². The van der Waals surface area contributed by atoms with Crippen LogP contribution >= 0.6 is 11.8 Å². The van der Waals surface area contributed by atoms with Crippen molar-refractivity contribution < 1.29 is 19.1 Å². The summed E-state index contributed by atoms with van der Waals surface area (Å²) in [5.41, 5.74) is 1.07. The van der Waals surface area contributed by atoms with Gasteiger partial charge in [-0.15, -0.1) is 11.8 Å². The topological polar surface area (TPSA) is 79.0 Å². The predicted octanol–water partition coefficient (Wildman–Crippen LogP) is 5.03. The Balaban J connectivity index is 2.33. The Morgan fingerprint density at radius 3 is 2.26 bits per heavy atom. The van der Waals surface area contributed by atoms with Crippen LogP contribution in [0.4, 0.5) is 0 Å². The Kier molecular flexibility index (Phi) is 10.7. The highest BCUT2D eigenvalue weighted by molar-refractivity contribution is 8.01. The molecule has 2 rings (SSSR count). The van der Waals surface area contributed by atoms with E-state index in [9.17, 15) is 14.4 Å². The Bertz CT molecular complexity index is 1020. The first-order valence-corrected chi connectivity index (χ1v) is 14.3. The van der Waals surface area contributed by atoms with Gasteiger partial charge in [-0.3, -0.25) is 14.5 Å². The fourth-order valence-corrected chi connectivity index (χ4v) is 6.58. The predicted molar refractivity (Wildman–Crippen MR) is 156 cm³/mol. The van der Waals surface area contributed by atoms with E-state index < -0.39 is 23.5 Å². The molecule has 0 bridgehead atoms. The number of nitrogens with one attached hydrogen (secondary N) is 1. The maximum Gasteiger partial charge on any atom is 0.333 e. The van der Waals surface area contributed by atoms with E-state index in [1.807, 2.05) is 59.9 Å². The number of nitrogens with zero attached hydrogens (tertiary/aromatic N) is 2. The molecule has 2 amide bonds. The maximum atomic E-state index is 13.9. The summed E-state index contributed by atoms with van der Waals surface area (Å²) in [7, 11) is 3.71. The fraction of sp³-hybridized carbons (Fsp3) is 0.633. The third-order valence-corrected chi connectivity index (χ3v) is 8.74. The van der Waals surface area contributed by atoms with Gasteiger partial charge in [-0.25, -0.2) is 4.79 Å². The number of rotatable bonds is 9. The average Bonchev–Trinajstić information content (AvgIpc) is 3.07. The number of amides is 2. The van der Waals surface area contributed by atoms with Crippen LogP contribution in [0.2, 0.25) is 0 Å². The molecule has 0 aromatic heterocycles. The van der Waals surface area contributed by atoms with E-state index in [0.29, 0.717) is 12.2 Å². The van der Waals surface area contributed by atoms with Crippen LogP contribution in [0.15, 0.2) is 42.0 Å². The van der Waals surface area contributed by atoms with Gasteiger partial charge in [0.1, 0.15) is 12.1 Å². The van der Waals surface area contributed by atoms with E-state index in [4.69, 9.17) is 4.74 Å². The Hall–Kier alpha value is -2.32. The highest BCUT2D eigenvalue weighted by atomic mass is 32.2. The SMILES string of the molecule is CCOC(=O)/C(C)=C/C(C(C)C)N(C)C(=O)C(NC(=O)C1N(C)C(c2ccccc2)SC1(C)C)C(C)(C)C. The molecule has 4 atom stereocenters. The summed E-state index contributed by atoms with van der Waals surface area (Å²) < 4.78 is 4.77. The minimum atomic E-state index is -0.748. The molecule has 0 saturated carbocycles. The van der Waals surface area contributed by atoms with Crippen molar-refractivity contribution in [3.63, 3.8) is 0 Å². The number of carbonyl (C=O) groups is 3. The summed E-state index contributed by atoms with van der Waals surface area (Å²) in [6.07, 6.45) is 1.79. The van der Waals surface area contributed by atoms with Crippen LogP contribution in [-0.4, -0.2) is 71.2 Å². The monoisotopic (exact) mass is 545 g/mol. The summed E-state index contributed by atoms with van der Waals surface area (Å²) in [5.74, 6) is -0.697. The van der Waals surface area contributed by atoms with E-state index in [0.717, 1.165) is 5.56 Å². The second-order valence-electron chi connectivity index (χ2n) is 12.1. The molecule has 1 N–H and O–H groups in total. The summed E-state index contributed by atoms with van der Waals surface area (Å²) in [6.45, 7) is 17.8. The molecule has 212 valence electrons. The summed E-state index contributed by atoms with van der Waals surface area (Å²) in [4.78, 5) is 43.8. The fourth-order valence-electron chi connectivity index (χ4n) is 5.02. The molecule has 1 fully saturated rings. The van der Waals surface area contributed by atoms with Crippen molar-refractivity contribution in [3.8, 4) is 0 Å². The van der Waals surface area contributed by atoms with Gasteiger partial charge >= 0.3 is 5.97 Å². The van der Waals surface area contributed by atoms with Crippen molar-refractivity contribution in [1.29, 1.82) is 0 Å². The number of hydrogen-bond donors (Lipinski definition) is 1. The highest BCUT2D eigenvalue weighted by Crippen LogP contribution is 2.51. The van der Waals surface area contributed by atoms with E-state index in [1.165, 1.54) is 0 Å². The molecule has 1 aromatic carbocycles. The van der Waals surface area contributed by atoms with E-state index in [2.05, 4.69) is 36.2 Å². The van der Waals surface area contributed by atoms with Crippen molar-refractivity contribution in [2.24, 2.45) is 11.3 Å². The van der Waals surface area contributed by atoms with Gasteiger partial charge in [-0.1, -0.05) is 71.0 Å². The second kappa shape index (κ2) is 12.7. The third kappa shape index (κ3) is 7.41. The standard InChI is InChI=1S/C30H47N3O4S/c1-12-37-28(36)20(4)18-22(19(2)3)32(10)26(35)23(29(5,6)7)31-25(34)24-30(8,9)38-27(33(24)11)21-16-14-13-15-17-21/h13-19,22-24,27H,12H2,1-11H3,(H,31,34)/b20-18+. The first kappa shape index (κ1) is 31.9. The number of benzene rings is 1. The van der Waals surface area contributed by atoms with Crippen molar-refractivity contribution >= 4 is 29.5 Å². The lowest BCUT2D eigenvalue weighted by molar-refractivity contribution is -0.141. The molecule has 1 aliphatic rings. The zero-order valence-electron chi connectivity index (χ0n) is 25.0. The first-order valence-electron chi connectivity index (χ1n) is 13.4. The molecule has 7 nitrogen and oxygen atoms in total. The summed E-state index contributed by atoms with van der Waals surface area (Å²) in [5, 5.41) is 3.17. The van der Waals surface area contributed by atoms with Crippen LogP contribution in [0.1, 0.15) is 73.3 Å². The van der Waals surface area contributed by atoms with Crippen LogP contribution in [0.25, 0.3) is 0 Å². The van der Waals surface area contributed by atoms with Crippen LogP contribution in [0, 0.1) is 11.3 Å². The normalized spacial score (nSPS) is 21.6. The van der Waals surface area contributed by atoms with Gasteiger partial charge in [0.05, 0.1) is 18.0 Å². The molecule has 1 heterocycles. The van der Waals surface area contributed by atoms with Crippen molar-refractivity contribution in [3.05, 3.63) is 47.5 Å².